The standard InChI is InChI=1S/C16H20N2O3/c1-3-13-6-4-11(2)18(13)16(21)14-8-9-17-10-12(14)5-7-15(19)20/h5,7-11,13H,3-4,6H2,1-2H3,(H,19,20)/b7-5+. The molecule has 0 spiro atoms. The van der Waals surface area contributed by atoms with Crippen LogP contribution in [0.1, 0.15) is 49.0 Å². The molecule has 1 N–H and O–H groups in total. The van der Waals surface area contributed by atoms with Crippen molar-refractivity contribution in [2.24, 2.45) is 0 Å². The maximum Gasteiger partial charge on any atom is 0.328 e. The summed E-state index contributed by atoms with van der Waals surface area (Å²) in [4.78, 5) is 29.4. The maximum absolute atomic E-state index is 12.8. The number of hydrogen-bond acceptors (Lipinski definition) is 3. The maximum atomic E-state index is 12.8. The number of likely N-dealkylation sites (tertiary alicyclic amines) is 1. The number of amides is 1. The third-order valence-electron chi connectivity index (χ3n) is 3.98. The summed E-state index contributed by atoms with van der Waals surface area (Å²) in [5.41, 5.74) is 1.05. The Labute approximate surface area is 124 Å². The van der Waals surface area contributed by atoms with Crippen molar-refractivity contribution in [1.82, 2.24) is 9.88 Å². The van der Waals surface area contributed by atoms with E-state index in [-0.39, 0.29) is 18.0 Å². The van der Waals surface area contributed by atoms with Gasteiger partial charge in [0.15, 0.2) is 0 Å². The van der Waals surface area contributed by atoms with Crippen LogP contribution in [0, 0.1) is 0 Å². The molecule has 1 aromatic heterocycles. The van der Waals surface area contributed by atoms with Gasteiger partial charge in [-0.1, -0.05) is 6.92 Å². The number of rotatable bonds is 4. The first-order valence-corrected chi connectivity index (χ1v) is 7.22. The quantitative estimate of drug-likeness (QED) is 0.864. The van der Waals surface area contributed by atoms with Crippen LogP contribution in [-0.2, 0) is 4.79 Å². The van der Waals surface area contributed by atoms with Crippen molar-refractivity contribution in [2.75, 3.05) is 0 Å². The highest BCUT2D eigenvalue weighted by Crippen LogP contribution is 2.28. The van der Waals surface area contributed by atoms with Crippen LogP contribution in [0.3, 0.4) is 0 Å². The van der Waals surface area contributed by atoms with Crippen LogP contribution in [0.4, 0.5) is 0 Å². The fourth-order valence-corrected chi connectivity index (χ4v) is 2.87. The molecule has 0 radical (unpaired) electrons. The summed E-state index contributed by atoms with van der Waals surface area (Å²) >= 11 is 0. The van der Waals surface area contributed by atoms with Gasteiger partial charge < -0.3 is 10.0 Å². The molecule has 21 heavy (non-hydrogen) atoms. The Kier molecular flexibility index (Phi) is 4.73. The van der Waals surface area contributed by atoms with Crippen LogP contribution in [0.25, 0.3) is 6.08 Å². The molecule has 5 nitrogen and oxygen atoms in total. The summed E-state index contributed by atoms with van der Waals surface area (Å²) < 4.78 is 0. The van der Waals surface area contributed by atoms with Gasteiger partial charge in [-0.2, -0.15) is 0 Å². The van der Waals surface area contributed by atoms with Crippen LogP contribution < -0.4 is 0 Å². The molecule has 2 rings (SSSR count). The molecular formula is C16H20N2O3. The molecule has 112 valence electrons. The van der Waals surface area contributed by atoms with Crippen LogP contribution in [0.15, 0.2) is 24.5 Å². The van der Waals surface area contributed by atoms with Gasteiger partial charge in [-0.25, -0.2) is 4.79 Å². The molecule has 0 bridgehead atoms. The van der Waals surface area contributed by atoms with E-state index < -0.39 is 5.97 Å². The number of aromatic nitrogens is 1. The van der Waals surface area contributed by atoms with Gasteiger partial charge >= 0.3 is 5.97 Å². The second kappa shape index (κ2) is 6.52. The molecule has 5 heteroatoms. The minimum Gasteiger partial charge on any atom is -0.478 e. The summed E-state index contributed by atoms with van der Waals surface area (Å²) in [6, 6.07) is 2.13. The number of carboxylic acid groups (broad SMARTS) is 1. The second-order valence-corrected chi connectivity index (χ2v) is 5.34. The average Bonchev–Trinajstić information content (AvgIpc) is 2.85. The SMILES string of the molecule is CCC1CCC(C)N1C(=O)c1ccncc1/C=C/C(=O)O. The Hall–Kier alpha value is -2.17. The lowest BCUT2D eigenvalue weighted by atomic mass is 10.1. The Morgan fingerprint density at radius 1 is 1.48 bits per heavy atom. The fraction of sp³-hybridized carbons (Fsp3) is 0.438. The lowest BCUT2D eigenvalue weighted by Gasteiger charge is -2.28. The number of carbonyl (C=O) groups is 2. The summed E-state index contributed by atoms with van der Waals surface area (Å²) in [6.45, 7) is 4.14. The van der Waals surface area contributed by atoms with Crippen molar-refractivity contribution >= 4 is 18.0 Å². The van der Waals surface area contributed by atoms with E-state index in [9.17, 15) is 9.59 Å². The largest absolute Gasteiger partial charge is 0.478 e. The number of pyridine rings is 1. The molecule has 1 saturated heterocycles. The zero-order valence-electron chi connectivity index (χ0n) is 12.3. The molecule has 2 unspecified atom stereocenters. The van der Waals surface area contributed by atoms with Gasteiger partial charge in [-0.3, -0.25) is 9.78 Å². The van der Waals surface area contributed by atoms with Gasteiger partial charge in [0.2, 0.25) is 0 Å². The Balaban J connectivity index is 2.33. The molecule has 1 aliphatic heterocycles. The number of aliphatic carboxylic acids is 1. The van der Waals surface area contributed by atoms with E-state index in [2.05, 4.69) is 18.8 Å². The molecule has 0 aliphatic carbocycles. The monoisotopic (exact) mass is 288 g/mol. The first-order chi connectivity index (χ1) is 10.0. The third-order valence-corrected chi connectivity index (χ3v) is 3.98. The van der Waals surface area contributed by atoms with Crippen molar-refractivity contribution in [3.05, 3.63) is 35.7 Å². The van der Waals surface area contributed by atoms with Crippen molar-refractivity contribution in [1.29, 1.82) is 0 Å². The van der Waals surface area contributed by atoms with Gasteiger partial charge in [-0.05, 0) is 38.3 Å². The average molecular weight is 288 g/mol. The number of carbonyl (C=O) groups excluding carboxylic acids is 1. The molecule has 0 aromatic carbocycles. The van der Waals surface area contributed by atoms with Crippen molar-refractivity contribution in [2.45, 2.75) is 45.2 Å². The topological polar surface area (TPSA) is 70.5 Å². The van der Waals surface area contributed by atoms with E-state index in [0.717, 1.165) is 25.3 Å². The molecule has 0 saturated carbocycles. The van der Waals surface area contributed by atoms with Crippen LogP contribution in [0.2, 0.25) is 0 Å². The number of carboxylic acids is 1. The minimum absolute atomic E-state index is 0.0423. The summed E-state index contributed by atoms with van der Waals surface area (Å²) in [6.07, 6.45) is 8.50. The van der Waals surface area contributed by atoms with Crippen LogP contribution in [0.5, 0.6) is 0 Å². The van der Waals surface area contributed by atoms with E-state index in [4.69, 9.17) is 5.11 Å². The molecule has 2 atom stereocenters. The normalized spacial score (nSPS) is 21.9. The molecule has 2 heterocycles. The van der Waals surface area contributed by atoms with E-state index in [1.807, 2.05) is 4.90 Å². The van der Waals surface area contributed by atoms with E-state index in [1.165, 1.54) is 12.3 Å². The first-order valence-electron chi connectivity index (χ1n) is 7.22. The van der Waals surface area contributed by atoms with Gasteiger partial charge in [0.05, 0.1) is 0 Å². The zero-order valence-corrected chi connectivity index (χ0v) is 12.3. The molecule has 1 fully saturated rings. The minimum atomic E-state index is -1.04. The van der Waals surface area contributed by atoms with Gasteiger partial charge in [0.25, 0.3) is 5.91 Å². The van der Waals surface area contributed by atoms with Crippen molar-refractivity contribution in [3.8, 4) is 0 Å². The fourth-order valence-electron chi connectivity index (χ4n) is 2.87. The third kappa shape index (κ3) is 3.29. The lowest BCUT2D eigenvalue weighted by molar-refractivity contribution is -0.131. The number of nitrogens with zero attached hydrogens (tertiary/aromatic N) is 2. The lowest BCUT2D eigenvalue weighted by Crippen LogP contribution is -2.40. The van der Waals surface area contributed by atoms with Gasteiger partial charge in [0.1, 0.15) is 0 Å². The first kappa shape index (κ1) is 15.2. The highest BCUT2D eigenvalue weighted by molar-refractivity contribution is 5.99. The van der Waals surface area contributed by atoms with Crippen molar-refractivity contribution in [3.63, 3.8) is 0 Å². The van der Waals surface area contributed by atoms with E-state index in [1.54, 1.807) is 12.3 Å². The summed E-state index contributed by atoms with van der Waals surface area (Å²) in [7, 11) is 0. The Morgan fingerprint density at radius 2 is 2.24 bits per heavy atom. The summed E-state index contributed by atoms with van der Waals surface area (Å²) in [5, 5.41) is 8.74. The molecule has 1 aliphatic rings. The summed E-state index contributed by atoms with van der Waals surface area (Å²) in [5.74, 6) is -1.09. The highest BCUT2D eigenvalue weighted by Gasteiger charge is 2.34. The van der Waals surface area contributed by atoms with Crippen LogP contribution >= 0.6 is 0 Å². The van der Waals surface area contributed by atoms with Crippen LogP contribution in [-0.4, -0.2) is 39.0 Å². The highest BCUT2D eigenvalue weighted by atomic mass is 16.4. The van der Waals surface area contributed by atoms with E-state index in [0.29, 0.717) is 11.1 Å². The molecule has 1 amide bonds. The second-order valence-electron chi connectivity index (χ2n) is 5.34. The Bertz CT molecular complexity index is 568. The number of hydrogen-bond donors (Lipinski definition) is 1. The van der Waals surface area contributed by atoms with Gasteiger partial charge in [-0.15, -0.1) is 0 Å². The predicted molar refractivity (Wildman–Crippen MR) is 79.9 cm³/mol. The van der Waals surface area contributed by atoms with Crippen molar-refractivity contribution < 1.29 is 14.7 Å². The molecular weight excluding hydrogens is 268 g/mol. The Morgan fingerprint density at radius 3 is 2.90 bits per heavy atom. The predicted octanol–water partition coefficient (Wildman–Crippen LogP) is 2.58. The zero-order chi connectivity index (χ0) is 15.4. The molecule has 1 aromatic rings. The smallest absolute Gasteiger partial charge is 0.328 e. The van der Waals surface area contributed by atoms with E-state index >= 15 is 0 Å². The van der Waals surface area contributed by atoms with Gasteiger partial charge in [0, 0.05) is 41.7 Å².